The maximum absolute atomic E-state index is 11.2. The zero-order valence-electron chi connectivity index (χ0n) is 9.78. The highest BCUT2D eigenvalue weighted by Gasteiger charge is 2.19. The summed E-state index contributed by atoms with van der Waals surface area (Å²) in [4.78, 5) is 15.3. The van der Waals surface area contributed by atoms with E-state index in [4.69, 9.17) is 5.11 Å². The number of piperazine rings is 1. The van der Waals surface area contributed by atoms with Crippen LogP contribution < -0.4 is 0 Å². The second-order valence-corrected chi connectivity index (χ2v) is 4.56. The number of aliphatic hydroxyl groups is 1. The maximum atomic E-state index is 11.2. The Morgan fingerprint density at radius 3 is 2.33 bits per heavy atom. The number of carbonyl (C=O) groups is 1. The maximum Gasteiger partial charge on any atom is 0.248 e. The molecule has 1 rings (SSSR count). The van der Waals surface area contributed by atoms with Crippen molar-refractivity contribution in [1.82, 2.24) is 9.80 Å². The minimum absolute atomic E-state index is 0.140. The Hall–Kier alpha value is -0.610. The summed E-state index contributed by atoms with van der Waals surface area (Å²) >= 11 is 0. The van der Waals surface area contributed by atoms with Crippen molar-refractivity contribution >= 4 is 5.91 Å². The van der Waals surface area contributed by atoms with Gasteiger partial charge in [-0.15, -0.1) is 0 Å². The molecule has 1 heterocycles. The molecule has 1 fully saturated rings. The molecule has 0 aliphatic carbocycles. The van der Waals surface area contributed by atoms with Crippen molar-refractivity contribution in [3.63, 3.8) is 0 Å². The number of carbonyl (C=O) groups excluding carboxylic acids is 1. The van der Waals surface area contributed by atoms with Gasteiger partial charge in [-0.05, 0) is 18.9 Å². The van der Waals surface area contributed by atoms with Gasteiger partial charge in [-0.2, -0.15) is 0 Å². The molecule has 4 nitrogen and oxygen atoms in total. The summed E-state index contributed by atoms with van der Waals surface area (Å²) in [5, 5.41) is 8.72. The summed E-state index contributed by atoms with van der Waals surface area (Å²) in [7, 11) is 0. The van der Waals surface area contributed by atoms with Crippen LogP contribution in [0.1, 0.15) is 20.3 Å². The fourth-order valence-corrected chi connectivity index (χ4v) is 1.76. The average molecular weight is 214 g/mol. The second kappa shape index (κ2) is 6.08. The van der Waals surface area contributed by atoms with Crippen molar-refractivity contribution < 1.29 is 9.90 Å². The van der Waals surface area contributed by atoms with Crippen molar-refractivity contribution in [1.29, 1.82) is 0 Å². The minimum atomic E-state index is -0.355. The number of amides is 1. The van der Waals surface area contributed by atoms with Crippen LogP contribution in [0.2, 0.25) is 0 Å². The zero-order chi connectivity index (χ0) is 11.3. The lowest BCUT2D eigenvalue weighted by atomic mass is 10.1. The molecule has 1 saturated heterocycles. The number of hydrogen-bond acceptors (Lipinski definition) is 3. The predicted molar refractivity (Wildman–Crippen MR) is 59.6 cm³/mol. The largest absolute Gasteiger partial charge is 0.387 e. The zero-order valence-corrected chi connectivity index (χ0v) is 9.78. The number of nitrogens with zero attached hydrogens (tertiary/aromatic N) is 2. The smallest absolute Gasteiger partial charge is 0.248 e. The van der Waals surface area contributed by atoms with Crippen LogP contribution in [0, 0.1) is 5.92 Å². The third-order valence-corrected chi connectivity index (χ3v) is 2.88. The Labute approximate surface area is 91.9 Å². The summed E-state index contributed by atoms with van der Waals surface area (Å²) in [6.07, 6.45) is 1.22. The van der Waals surface area contributed by atoms with E-state index in [1.807, 2.05) is 0 Å². The van der Waals surface area contributed by atoms with Crippen molar-refractivity contribution in [2.24, 2.45) is 5.92 Å². The molecule has 1 aliphatic heterocycles. The van der Waals surface area contributed by atoms with Crippen LogP contribution in [0.5, 0.6) is 0 Å². The number of aliphatic hydroxyl groups excluding tert-OH is 1. The molecular formula is C11H22N2O2. The summed E-state index contributed by atoms with van der Waals surface area (Å²) in [6, 6.07) is 0. The monoisotopic (exact) mass is 214 g/mol. The Morgan fingerprint density at radius 1 is 1.27 bits per heavy atom. The average Bonchev–Trinajstić information content (AvgIpc) is 2.26. The first kappa shape index (κ1) is 12.5. The first-order valence-electron chi connectivity index (χ1n) is 5.74. The van der Waals surface area contributed by atoms with Crippen LogP contribution in [0.3, 0.4) is 0 Å². The molecule has 0 aromatic rings. The lowest BCUT2D eigenvalue weighted by Crippen LogP contribution is -2.49. The fraction of sp³-hybridized carbons (Fsp3) is 0.909. The minimum Gasteiger partial charge on any atom is -0.387 e. The van der Waals surface area contributed by atoms with Crippen molar-refractivity contribution in [3.8, 4) is 0 Å². The van der Waals surface area contributed by atoms with Gasteiger partial charge in [-0.25, -0.2) is 0 Å². The molecule has 15 heavy (non-hydrogen) atoms. The normalized spacial score (nSPS) is 18.5. The highest BCUT2D eigenvalue weighted by Crippen LogP contribution is 2.06. The molecule has 0 aromatic heterocycles. The van der Waals surface area contributed by atoms with Crippen LogP contribution in [0.15, 0.2) is 0 Å². The van der Waals surface area contributed by atoms with Gasteiger partial charge >= 0.3 is 0 Å². The van der Waals surface area contributed by atoms with Gasteiger partial charge in [0.25, 0.3) is 0 Å². The first-order chi connectivity index (χ1) is 7.13. The Morgan fingerprint density at radius 2 is 1.87 bits per heavy atom. The van der Waals surface area contributed by atoms with E-state index in [1.165, 1.54) is 6.42 Å². The molecule has 0 unspecified atom stereocenters. The summed E-state index contributed by atoms with van der Waals surface area (Å²) in [6.45, 7) is 8.63. The lowest BCUT2D eigenvalue weighted by molar-refractivity contribution is -0.135. The van der Waals surface area contributed by atoms with Crippen LogP contribution in [-0.2, 0) is 4.79 Å². The molecule has 1 aliphatic rings. The van der Waals surface area contributed by atoms with Crippen molar-refractivity contribution in [3.05, 3.63) is 0 Å². The molecule has 1 N–H and O–H groups in total. The fourth-order valence-electron chi connectivity index (χ4n) is 1.76. The molecule has 0 radical (unpaired) electrons. The van der Waals surface area contributed by atoms with Gasteiger partial charge in [-0.3, -0.25) is 9.69 Å². The number of rotatable bonds is 4. The van der Waals surface area contributed by atoms with Gasteiger partial charge in [0.05, 0.1) is 0 Å². The standard InChI is InChI=1S/C11H22N2O2/c1-10(2)3-4-12-5-7-13(8-6-12)11(15)9-14/h10,14H,3-9H2,1-2H3. The van der Waals surface area contributed by atoms with Crippen LogP contribution in [0.25, 0.3) is 0 Å². The third kappa shape index (κ3) is 4.18. The molecule has 4 heteroatoms. The van der Waals surface area contributed by atoms with Gasteiger partial charge in [0, 0.05) is 26.2 Å². The van der Waals surface area contributed by atoms with Crippen LogP contribution in [-0.4, -0.2) is 60.1 Å². The Kier molecular flexibility index (Phi) is 5.05. The van der Waals surface area contributed by atoms with Gasteiger partial charge in [0.15, 0.2) is 0 Å². The second-order valence-electron chi connectivity index (χ2n) is 4.56. The highest BCUT2D eigenvalue weighted by atomic mass is 16.3. The molecule has 0 atom stereocenters. The summed E-state index contributed by atoms with van der Waals surface area (Å²) < 4.78 is 0. The SMILES string of the molecule is CC(C)CCN1CCN(C(=O)CO)CC1. The van der Waals surface area contributed by atoms with E-state index in [9.17, 15) is 4.79 Å². The molecular weight excluding hydrogens is 192 g/mol. The van der Waals surface area contributed by atoms with Gasteiger partial charge < -0.3 is 10.0 Å². The van der Waals surface area contributed by atoms with Gasteiger partial charge in [-0.1, -0.05) is 13.8 Å². The Balaban J connectivity index is 2.21. The first-order valence-corrected chi connectivity index (χ1v) is 5.74. The van der Waals surface area contributed by atoms with Crippen molar-refractivity contribution in [2.75, 3.05) is 39.3 Å². The van der Waals surface area contributed by atoms with E-state index >= 15 is 0 Å². The van der Waals surface area contributed by atoms with E-state index in [1.54, 1.807) is 4.90 Å². The summed E-state index contributed by atoms with van der Waals surface area (Å²) in [5.74, 6) is 0.598. The van der Waals surface area contributed by atoms with E-state index in [-0.39, 0.29) is 12.5 Å². The predicted octanol–water partition coefficient (Wildman–Crippen LogP) is 0.169. The topological polar surface area (TPSA) is 43.8 Å². The van der Waals surface area contributed by atoms with E-state index in [2.05, 4.69) is 18.7 Å². The summed E-state index contributed by atoms with van der Waals surface area (Å²) in [5.41, 5.74) is 0. The molecule has 1 amide bonds. The van der Waals surface area contributed by atoms with Crippen LogP contribution >= 0.6 is 0 Å². The lowest BCUT2D eigenvalue weighted by Gasteiger charge is -2.34. The molecule has 0 aromatic carbocycles. The van der Waals surface area contributed by atoms with Crippen LogP contribution in [0.4, 0.5) is 0 Å². The van der Waals surface area contributed by atoms with Gasteiger partial charge in [0.2, 0.25) is 5.91 Å². The molecule has 0 bridgehead atoms. The van der Waals surface area contributed by atoms with E-state index < -0.39 is 0 Å². The highest BCUT2D eigenvalue weighted by molar-refractivity contribution is 5.77. The number of hydrogen-bond donors (Lipinski definition) is 1. The van der Waals surface area contributed by atoms with Crippen molar-refractivity contribution in [2.45, 2.75) is 20.3 Å². The Bertz CT molecular complexity index is 199. The molecule has 0 spiro atoms. The quantitative estimate of drug-likeness (QED) is 0.725. The molecule has 88 valence electrons. The van der Waals surface area contributed by atoms with Gasteiger partial charge in [0.1, 0.15) is 6.61 Å². The van der Waals surface area contributed by atoms with E-state index in [0.29, 0.717) is 0 Å². The van der Waals surface area contributed by atoms with E-state index in [0.717, 1.165) is 38.6 Å². The molecule has 0 saturated carbocycles. The third-order valence-electron chi connectivity index (χ3n) is 2.88.